The van der Waals surface area contributed by atoms with Crippen molar-refractivity contribution in [1.82, 2.24) is 29.5 Å². The molecule has 0 aliphatic carbocycles. The lowest BCUT2D eigenvalue weighted by molar-refractivity contribution is 0.729. The van der Waals surface area contributed by atoms with Gasteiger partial charge in [0.05, 0.1) is 17.3 Å². The molecule has 0 aromatic carbocycles. The summed E-state index contributed by atoms with van der Waals surface area (Å²) in [6.45, 7) is 4.74. The van der Waals surface area contributed by atoms with Crippen molar-refractivity contribution in [3.8, 4) is 0 Å². The van der Waals surface area contributed by atoms with E-state index in [9.17, 15) is 0 Å². The summed E-state index contributed by atoms with van der Waals surface area (Å²) in [6.07, 6.45) is 1.68. The van der Waals surface area contributed by atoms with E-state index in [1.54, 1.807) is 10.9 Å². The summed E-state index contributed by atoms with van der Waals surface area (Å²) in [5.41, 5.74) is 10.1. The van der Waals surface area contributed by atoms with E-state index < -0.39 is 0 Å². The van der Waals surface area contributed by atoms with Gasteiger partial charge in [-0.1, -0.05) is 0 Å². The Morgan fingerprint density at radius 3 is 2.55 bits per heavy atom. The molecule has 0 atom stereocenters. The number of nitrogen functional groups attached to an aromatic ring is 1. The molecule has 2 N–H and O–H groups in total. The van der Waals surface area contributed by atoms with E-state index in [0.29, 0.717) is 18.3 Å². The zero-order valence-corrected chi connectivity index (χ0v) is 13.5. The summed E-state index contributed by atoms with van der Waals surface area (Å²) in [5.74, 6) is 1.02. The summed E-state index contributed by atoms with van der Waals surface area (Å²) < 4.78 is 3.59. The van der Waals surface area contributed by atoms with Crippen LogP contribution in [0.25, 0.3) is 11.0 Å². The van der Waals surface area contributed by atoms with Gasteiger partial charge in [0.15, 0.2) is 5.65 Å². The number of aryl methyl sites for hydroxylation is 3. The fraction of sp³-hybridized carbons (Fsp3) is 0.429. The van der Waals surface area contributed by atoms with Crippen LogP contribution in [0.4, 0.5) is 11.8 Å². The average molecular weight is 300 g/mol. The third-order valence-electron chi connectivity index (χ3n) is 4.01. The van der Waals surface area contributed by atoms with Crippen molar-refractivity contribution >= 4 is 22.8 Å². The van der Waals surface area contributed by atoms with Crippen molar-refractivity contribution in [3.05, 3.63) is 23.1 Å². The second kappa shape index (κ2) is 4.97. The van der Waals surface area contributed by atoms with E-state index >= 15 is 0 Å². The van der Waals surface area contributed by atoms with Gasteiger partial charge in [-0.25, -0.2) is 0 Å². The van der Waals surface area contributed by atoms with Crippen LogP contribution in [0.2, 0.25) is 0 Å². The third kappa shape index (κ3) is 2.16. The van der Waals surface area contributed by atoms with Crippen molar-refractivity contribution in [2.45, 2.75) is 20.4 Å². The number of aromatic nitrogens is 6. The van der Waals surface area contributed by atoms with Crippen LogP contribution < -0.4 is 10.6 Å². The van der Waals surface area contributed by atoms with Crippen LogP contribution >= 0.6 is 0 Å². The van der Waals surface area contributed by atoms with Crippen molar-refractivity contribution in [1.29, 1.82) is 0 Å². The van der Waals surface area contributed by atoms with Gasteiger partial charge in [0.25, 0.3) is 0 Å². The van der Waals surface area contributed by atoms with Gasteiger partial charge >= 0.3 is 0 Å². The maximum Gasteiger partial charge on any atom is 0.229 e. The zero-order valence-electron chi connectivity index (χ0n) is 13.5. The highest BCUT2D eigenvalue weighted by atomic mass is 15.3. The van der Waals surface area contributed by atoms with Gasteiger partial charge in [-0.15, -0.1) is 0 Å². The van der Waals surface area contributed by atoms with Gasteiger partial charge in [-0.05, 0) is 13.8 Å². The first kappa shape index (κ1) is 14.3. The van der Waals surface area contributed by atoms with Crippen LogP contribution in [0.3, 0.4) is 0 Å². The summed E-state index contributed by atoms with van der Waals surface area (Å²) in [6, 6.07) is 0. The molecule has 8 heteroatoms. The summed E-state index contributed by atoms with van der Waals surface area (Å²) in [4.78, 5) is 10.9. The Labute approximate surface area is 128 Å². The van der Waals surface area contributed by atoms with Gasteiger partial charge in [0.1, 0.15) is 5.82 Å². The van der Waals surface area contributed by atoms with Crippen molar-refractivity contribution in [3.63, 3.8) is 0 Å². The average Bonchev–Trinajstić information content (AvgIpc) is 2.95. The zero-order chi connectivity index (χ0) is 16.0. The van der Waals surface area contributed by atoms with E-state index in [1.807, 2.05) is 37.6 Å². The topological polar surface area (TPSA) is 90.7 Å². The molecule has 0 aliphatic heterocycles. The fourth-order valence-electron chi connectivity index (χ4n) is 2.56. The molecule has 0 bridgehead atoms. The van der Waals surface area contributed by atoms with Crippen LogP contribution in [0.15, 0.2) is 6.20 Å². The van der Waals surface area contributed by atoms with E-state index in [4.69, 9.17) is 5.73 Å². The normalized spacial score (nSPS) is 11.3. The molecule has 3 rings (SSSR count). The monoisotopic (exact) mass is 300 g/mol. The standard InChI is InChI=1S/C14H20N8/c1-8-11(9(2)21(4)19-8)7-20(3)14-17-12(15)10-6-16-22(5)13(10)18-14/h6H,7H2,1-5H3,(H2,15,17,18). The molecule has 8 nitrogen and oxygen atoms in total. The number of nitrogens with zero attached hydrogens (tertiary/aromatic N) is 7. The van der Waals surface area contributed by atoms with Gasteiger partial charge in [0, 0.05) is 38.9 Å². The molecule has 0 unspecified atom stereocenters. The van der Waals surface area contributed by atoms with Crippen LogP contribution in [0.5, 0.6) is 0 Å². The first-order chi connectivity index (χ1) is 10.4. The molecule has 116 valence electrons. The molecule has 0 amide bonds. The first-order valence-electron chi connectivity index (χ1n) is 7.04. The molecule has 22 heavy (non-hydrogen) atoms. The van der Waals surface area contributed by atoms with Crippen LogP contribution in [-0.4, -0.2) is 36.6 Å². The largest absolute Gasteiger partial charge is 0.383 e. The molecule has 0 radical (unpaired) electrons. The second-order valence-corrected chi connectivity index (χ2v) is 5.54. The molecular weight excluding hydrogens is 280 g/mol. The van der Waals surface area contributed by atoms with Crippen LogP contribution in [0.1, 0.15) is 17.0 Å². The molecule has 3 aromatic rings. The number of nitrogens with two attached hydrogens (primary N) is 1. The molecule has 0 saturated heterocycles. The van der Waals surface area contributed by atoms with E-state index in [1.165, 1.54) is 5.56 Å². The number of hydrogen-bond acceptors (Lipinski definition) is 6. The Kier molecular flexibility index (Phi) is 3.23. The van der Waals surface area contributed by atoms with Crippen LogP contribution in [-0.2, 0) is 20.6 Å². The lowest BCUT2D eigenvalue weighted by atomic mass is 10.2. The second-order valence-electron chi connectivity index (χ2n) is 5.54. The fourth-order valence-corrected chi connectivity index (χ4v) is 2.56. The maximum absolute atomic E-state index is 6.02. The summed E-state index contributed by atoms with van der Waals surface area (Å²) in [5, 5.41) is 9.39. The molecule has 0 spiro atoms. The highest BCUT2D eigenvalue weighted by molar-refractivity contribution is 5.86. The number of rotatable bonds is 3. The number of fused-ring (bicyclic) bond motifs is 1. The minimum absolute atomic E-state index is 0.444. The Balaban J connectivity index is 1.98. The molecule has 3 heterocycles. The lowest BCUT2D eigenvalue weighted by Gasteiger charge is -2.18. The Morgan fingerprint density at radius 2 is 1.91 bits per heavy atom. The predicted molar refractivity (Wildman–Crippen MR) is 85.5 cm³/mol. The Bertz CT molecular complexity index is 844. The van der Waals surface area contributed by atoms with Crippen molar-refractivity contribution in [2.24, 2.45) is 14.1 Å². The smallest absolute Gasteiger partial charge is 0.229 e. The molecule has 0 fully saturated rings. The SMILES string of the molecule is Cc1nn(C)c(C)c1CN(C)c1nc(N)c2cnn(C)c2n1. The van der Waals surface area contributed by atoms with Crippen molar-refractivity contribution in [2.75, 3.05) is 17.7 Å². The summed E-state index contributed by atoms with van der Waals surface area (Å²) >= 11 is 0. The lowest BCUT2D eigenvalue weighted by Crippen LogP contribution is -2.20. The first-order valence-corrected chi connectivity index (χ1v) is 7.04. The molecule has 3 aromatic heterocycles. The van der Waals surface area contributed by atoms with Gasteiger partial charge in [0.2, 0.25) is 5.95 Å². The molecule has 0 saturated carbocycles. The number of hydrogen-bond donors (Lipinski definition) is 1. The highest BCUT2D eigenvalue weighted by Gasteiger charge is 2.16. The van der Waals surface area contributed by atoms with E-state index in [-0.39, 0.29) is 0 Å². The minimum Gasteiger partial charge on any atom is -0.383 e. The van der Waals surface area contributed by atoms with Crippen LogP contribution in [0, 0.1) is 13.8 Å². The van der Waals surface area contributed by atoms with Gasteiger partial charge in [-0.2, -0.15) is 20.2 Å². The Hall–Kier alpha value is -2.64. The van der Waals surface area contributed by atoms with E-state index in [0.717, 1.165) is 22.4 Å². The Morgan fingerprint density at radius 1 is 1.18 bits per heavy atom. The van der Waals surface area contributed by atoms with Crippen molar-refractivity contribution < 1.29 is 0 Å². The third-order valence-corrected chi connectivity index (χ3v) is 4.01. The summed E-state index contributed by atoms with van der Waals surface area (Å²) in [7, 11) is 5.73. The van der Waals surface area contributed by atoms with Gasteiger partial charge in [-0.3, -0.25) is 9.36 Å². The van der Waals surface area contributed by atoms with E-state index in [2.05, 4.69) is 27.1 Å². The minimum atomic E-state index is 0.444. The maximum atomic E-state index is 6.02. The molecular formula is C14H20N8. The van der Waals surface area contributed by atoms with Gasteiger partial charge < -0.3 is 10.6 Å². The predicted octanol–water partition coefficient (Wildman–Crippen LogP) is 0.932. The highest BCUT2D eigenvalue weighted by Crippen LogP contribution is 2.22. The number of anilines is 2. The quantitative estimate of drug-likeness (QED) is 0.774. The molecule has 0 aliphatic rings.